The lowest BCUT2D eigenvalue weighted by molar-refractivity contribution is -0.384. The van der Waals surface area contributed by atoms with Crippen LogP contribution in [0.2, 0.25) is 0 Å². The van der Waals surface area contributed by atoms with Crippen molar-refractivity contribution >= 4 is 27.6 Å². The lowest BCUT2D eigenvalue weighted by Crippen LogP contribution is -2.02. The van der Waals surface area contributed by atoms with Gasteiger partial charge in [-0.15, -0.1) is 0 Å². The highest BCUT2D eigenvalue weighted by atomic mass is 79.9. The monoisotopic (exact) mass is 351 g/mol. The Morgan fingerprint density at radius 1 is 1.24 bits per heavy atom. The van der Waals surface area contributed by atoms with Crippen molar-refractivity contribution < 1.29 is 19.6 Å². The Morgan fingerprint density at radius 2 is 1.90 bits per heavy atom. The molecule has 2 aromatic carbocycles. The molecule has 2 rings (SSSR count). The highest BCUT2D eigenvalue weighted by Gasteiger charge is 2.18. The molecule has 2 aromatic rings. The molecular weight excluding hydrogens is 342 g/mol. The summed E-state index contributed by atoms with van der Waals surface area (Å²) in [6.07, 6.45) is 0. The zero-order valence-corrected chi connectivity index (χ0v) is 12.5. The number of rotatable bonds is 4. The summed E-state index contributed by atoms with van der Waals surface area (Å²) in [6, 6.07) is 8.73. The molecule has 7 heteroatoms. The first-order chi connectivity index (χ1) is 9.88. The van der Waals surface area contributed by atoms with E-state index >= 15 is 0 Å². The fourth-order valence-corrected chi connectivity index (χ4v) is 2.21. The number of nitrogens with zero attached hydrogens (tertiary/aromatic N) is 1. The van der Waals surface area contributed by atoms with E-state index in [0.29, 0.717) is 5.75 Å². The molecule has 0 atom stereocenters. The second kappa shape index (κ2) is 5.92. The van der Waals surface area contributed by atoms with E-state index in [-0.39, 0.29) is 17.0 Å². The molecule has 0 spiro atoms. The van der Waals surface area contributed by atoms with Crippen molar-refractivity contribution in [2.45, 2.75) is 6.92 Å². The van der Waals surface area contributed by atoms with Crippen LogP contribution in [0.1, 0.15) is 15.9 Å². The third kappa shape index (κ3) is 3.38. The highest BCUT2D eigenvalue weighted by molar-refractivity contribution is 9.10. The van der Waals surface area contributed by atoms with Crippen molar-refractivity contribution in [3.8, 4) is 11.5 Å². The van der Waals surface area contributed by atoms with E-state index in [1.165, 1.54) is 12.1 Å². The van der Waals surface area contributed by atoms with Gasteiger partial charge >= 0.3 is 5.97 Å². The molecule has 21 heavy (non-hydrogen) atoms. The maximum Gasteiger partial charge on any atom is 0.339 e. The second-order valence-corrected chi connectivity index (χ2v) is 5.17. The van der Waals surface area contributed by atoms with E-state index in [1.54, 1.807) is 12.1 Å². The molecule has 0 unspecified atom stereocenters. The Morgan fingerprint density at radius 3 is 2.48 bits per heavy atom. The average molecular weight is 352 g/mol. The second-order valence-electron chi connectivity index (χ2n) is 4.25. The Labute approximate surface area is 128 Å². The van der Waals surface area contributed by atoms with Gasteiger partial charge in [-0.05, 0) is 36.8 Å². The van der Waals surface area contributed by atoms with Crippen LogP contribution < -0.4 is 4.74 Å². The number of halogens is 1. The van der Waals surface area contributed by atoms with Gasteiger partial charge in [0.1, 0.15) is 17.1 Å². The molecule has 0 amide bonds. The summed E-state index contributed by atoms with van der Waals surface area (Å²) in [5.41, 5.74) is 0.248. The van der Waals surface area contributed by atoms with E-state index in [4.69, 9.17) is 9.84 Å². The average Bonchev–Trinajstić information content (AvgIpc) is 2.41. The molecule has 0 aliphatic heterocycles. The number of non-ortho nitro benzene ring substituents is 1. The summed E-state index contributed by atoms with van der Waals surface area (Å²) < 4.78 is 6.44. The summed E-state index contributed by atoms with van der Waals surface area (Å²) >= 11 is 3.32. The minimum atomic E-state index is -1.29. The van der Waals surface area contributed by atoms with Crippen molar-refractivity contribution in [3.05, 3.63) is 62.1 Å². The molecule has 0 radical (unpaired) electrons. The van der Waals surface area contributed by atoms with E-state index in [2.05, 4.69) is 15.9 Å². The molecule has 0 aromatic heterocycles. The van der Waals surface area contributed by atoms with E-state index in [0.717, 1.165) is 16.1 Å². The highest BCUT2D eigenvalue weighted by Crippen LogP contribution is 2.31. The predicted octanol–water partition coefficient (Wildman–Crippen LogP) is 4.16. The zero-order chi connectivity index (χ0) is 15.6. The number of carbonyl (C=O) groups is 1. The summed E-state index contributed by atoms with van der Waals surface area (Å²) in [5, 5.41) is 19.9. The number of aromatic carboxylic acids is 1. The number of hydrogen-bond acceptors (Lipinski definition) is 4. The van der Waals surface area contributed by atoms with Crippen LogP contribution in [0, 0.1) is 17.0 Å². The van der Waals surface area contributed by atoms with Crippen LogP contribution in [0.4, 0.5) is 5.69 Å². The Kier molecular flexibility index (Phi) is 4.23. The Hall–Kier alpha value is -2.41. The molecule has 6 nitrogen and oxygen atoms in total. The number of benzene rings is 2. The molecule has 0 saturated carbocycles. The normalized spacial score (nSPS) is 10.2. The summed E-state index contributed by atoms with van der Waals surface area (Å²) in [6.45, 7) is 1.81. The number of carboxylic acid groups (broad SMARTS) is 1. The summed E-state index contributed by atoms with van der Waals surface area (Å²) in [7, 11) is 0. The predicted molar refractivity (Wildman–Crippen MR) is 79.0 cm³/mol. The Balaban J connectivity index is 2.44. The fraction of sp³-hybridized carbons (Fsp3) is 0.0714. The third-order valence-corrected chi connectivity index (χ3v) is 3.25. The molecule has 0 fully saturated rings. The first kappa shape index (κ1) is 15.0. The van der Waals surface area contributed by atoms with Crippen molar-refractivity contribution in [2.24, 2.45) is 0 Å². The van der Waals surface area contributed by atoms with Crippen LogP contribution in [0.15, 0.2) is 40.9 Å². The first-order valence-corrected chi connectivity index (χ1v) is 6.63. The van der Waals surface area contributed by atoms with E-state index in [1.807, 2.05) is 13.0 Å². The molecule has 108 valence electrons. The van der Waals surface area contributed by atoms with Crippen molar-refractivity contribution in [1.82, 2.24) is 0 Å². The van der Waals surface area contributed by atoms with Crippen LogP contribution in [-0.4, -0.2) is 16.0 Å². The maximum atomic E-state index is 11.2. The van der Waals surface area contributed by atoms with Crippen LogP contribution in [-0.2, 0) is 0 Å². The van der Waals surface area contributed by atoms with Crippen LogP contribution in [0.3, 0.4) is 0 Å². The van der Waals surface area contributed by atoms with E-state index in [9.17, 15) is 14.9 Å². The standard InChI is InChI=1S/C14H10BrNO5/c1-8-6-9(15)2-4-12(8)21-13-5-3-10(16(19)20)7-11(13)14(17)18/h2-7H,1H3,(H,17,18). The van der Waals surface area contributed by atoms with Crippen LogP contribution in [0.5, 0.6) is 11.5 Å². The number of hydrogen-bond donors (Lipinski definition) is 1. The molecule has 0 heterocycles. The molecule has 0 aliphatic carbocycles. The summed E-state index contributed by atoms with van der Waals surface area (Å²) in [4.78, 5) is 21.3. The fourth-order valence-electron chi connectivity index (χ4n) is 1.73. The van der Waals surface area contributed by atoms with Crippen LogP contribution >= 0.6 is 15.9 Å². The van der Waals surface area contributed by atoms with Gasteiger partial charge in [0.05, 0.1) is 4.92 Å². The lowest BCUT2D eigenvalue weighted by atomic mass is 10.1. The lowest BCUT2D eigenvalue weighted by Gasteiger charge is -2.11. The SMILES string of the molecule is Cc1cc(Br)ccc1Oc1ccc([N+](=O)[O-])cc1C(=O)O. The van der Waals surface area contributed by atoms with E-state index < -0.39 is 10.9 Å². The van der Waals surface area contributed by atoms with Gasteiger partial charge in [-0.3, -0.25) is 10.1 Å². The van der Waals surface area contributed by atoms with Gasteiger partial charge in [0, 0.05) is 16.6 Å². The van der Waals surface area contributed by atoms with Gasteiger partial charge < -0.3 is 9.84 Å². The number of nitro groups is 1. The van der Waals surface area contributed by atoms with Gasteiger partial charge in [-0.1, -0.05) is 15.9 Å². The quantitative estimate of drug-likeness (QED) is 0.659. The van der Waals surface area contributed by atoms with Crippen molar-refractivity contribution in [3.63, 3.8) is 0 Å². The third-order valence-electron chi connectivity index (χ3n) is 2.76. The van der Waals surface area contributed by atoms with Gasteiger partial charge in [-0.2, -0.15) is 0 Å². The van der Waals surface area contributed by atoms with Crippen molar-refractivity contribution in [1.29, 1.82) is 0 Å². The number of carboxylic acids is 1. The molecule has 1 N–H and O–H groups in total. The largest absolute Gasteiger partial charge is 0.478 e. The van der Waals surface area contributed by atoms with Gasteiger partial charge in [-0.25, -0.2) is 4.79 Å². The maximum absolute atomic E-state index is 11.2. The topological polar surface area (TPSA) is 89.7 Å². The van der Waals surface area contributed by atoms with Crippen molar-refractivity contribution in [2.75, 3.05) is 0 Å². The molecule has 0 bridgehead atoms. The number of aryl methyl sites for hydroxylation is 1. The number of nitro benzene ring substituents is 1. The van der Waals surface area contributed by atoms with Gasteiger partial charge in [0.2, 0.25) is 0 Å². The smallest absolute Gasteiger partial charge is 0.339 e. The zero-order valence-electron chi connectivity index (χ0n) is 10.9. The van der Waals surface area contributed by atoms with Crippen LogP contribution in [0.25, 0.3) is 0 Å². The van der Waals surface area contributed by atoms with Gasteiger partial charge in [0.25, 0.3) is 5.69 Å². The minimum absolute atomic E-state index is 0.0542. The molecule has 0 aliphatic rings. The molecule has 0 saturated heterocycles. The number of ether oxygens (including phenoxy) is 1. The first-order valence-electron chi connectivity index (χ1n) is 5.84. The minimum Gasteiger partial charge on any atom is -0.478 e. The molecular formula is C14H10BrNO5. The Bertz CT molecular complexity index is 729. The summed E-state index contributed by atoms with van der Waals surface area (Å²) in [5.74, 6) is -0.753. The van der Waals surface area contributed by atoms with Gasteiger partial charge in [0.15, 0.2) is 0 Å².